The van der Waals surface area contributed by atoms with E-state index in [4.69, 9.17) is 10.5 Å². The van der Waals surface area contributed by atoms with E-state index in [-0.39, 0.29) is 11.5 Å². The molecule has 90 valence electrons. The number of hydrogen-bond donors (Lipinski definition) is 2. The average molecular weight is 214 g/mol. The molecule has 3 heteroatoms. The van der Waals surface area contributed by atoms with Gasteiger partial charge in [-0.1, -0.05) is 26.7 Å². The van der Waals surface area contributed by atoms with Crippen molar-refractivity contribution < 1.29 is 4.74 Å². The topological polar surface area (TPSA) is 47.3 Å². The number of unbranched alkanes of at least 4 members (excludes halogenated alkanes) is 1. The average Bonchev–Trinajstić information content (AvgIpc) is 2.54. The molecule has 15 heavy (non-hydrogen) atoms. The highest BCUT2D eigenvalue weighted by molar-refractivity contribution is 4.92. The molecule has 0 amide bonds. The number of hydrogen-bond acceptors (Lipinski definition) is 3. The van der Waals surface area contributed by atoms with E-state index in [0.717, 1.165) is 13.2 Å². The maximum Gasteiger partial charge on any atom is 0.0624 e. The van der Waals surface area contributed by atoms with Crippen LogP contribution in [-0.4, -0.2) is 31.8 Å². The Hall–Kier alpha value is -0.120. The fourth-order valence-electron chi connectivity index (χ4n) is 1.93. The summed E-state index contributed by atoms with van der Waals surface area (Å²) < 4.78 is 5.42. The van der Waals surface area contributed by atoms with Crippen LogP contribution in [0.2, 0.25) is 0 Å². The van der Waals surface area contributed by atoms with Crippen LogP contribution in [0, 0.1) is 5.41 Å². The lowest BCUT2D eigenvalue weighted by Crippen LogP contribution is -2.47. The molecule has 1 aliphatic rings. The van der Waals surface area contributed by atoms with E-state index >= 15 is 0 Å². The molecule has 1 fully saturated rings. The summed E-state index contributed by atoms with van der Waals surface area (Å²) in [7, 11) is 0. The van der Waals surface area contributed by atoms with Crippen LogP contribution < -0.4 is 11.1 Å². The van der Waals surface area contributed by atoms with Crippen molar-refractivity contribution in [1.29, 1.82) is 0 Å². The van der Waals surface area contributed by atoms with Gasteiger partial charge in [-0.3, -0.25) is 0 Å². The second-order valence-electron chi connectivity index (χ2n) is 5.20. The molecule has 0 aromatic carbocycles. The minimum absolute atomic E-state index is 0.125. The highest BCUT2D eigenvalue weighted by atomic mass is 16.5. The zero-order chi connectivity index (χ0) is 11.3. The van der Waals surface area contributed by atoms with Gasteiger partial charge >= 0.3 is 0 Å². The lowest BCUT2D eigenvalue weighted by atomic mass is 9.85. The van der Waals surface area contributed by atoms with Crippen molar-refractivity contribution in [2.24, 2.45) is 11.1 Å². The van der Waals surface area contributed by atoms with Crippen LogP contribution in [0.5, 0.6) is 0 Å². The number of nitrogens with two attached hydrogens (primary N) is 1. The van der Waals surface area contributed by atoms with Crippen LogP contribution in [0.3, 0.4) is 0 Å². The molecule has 1 heterocycles. The maximum absolute atomic E-state index is 6.03. The van der Waals surface area contributed by atoms with Gasteiger partial charge in [0.1, 0.15) is 0 Å². The van der Waals surface area contributed by atoms with E-state index in [0.29, 0.717) is 12.6 Å². The van der Waals surface area contributed by atoms with Gasteiger partial charge in [-0.15, -0.1) is 0 Å². The molecular formula is C12H26N2O. The smallest absolute Gasteiger partial charge is 0.0624 e. The lowest BCUT2D eigenvalue weighted by Gasteiger charge is -2.29. The molecule has 0 saturated carbocycles. The van der Waals surface area contributed by atoms with Crippen molar-refractivity contribution in [2.45, 2.75) is 52.1 Å². The van der Waals surface area contributed by atoms with E-state index in [1.54, 1.807) is 0 Å². The Morgan fingerprint density at radius 2 is 2.33 bits per heavy atom. The fourth-order valence-corrected chi connectivity index (χ4v) is 1.93. The molecule has 0 aromatic heterocycles. The molecule has 0 bridgehead atoms. The van der Waals surface area contributed by atoms with Crippen molar-refractivity contribution in [2.75, 3.05) is 19.8 Å². The Morgan fingerprint density at radius 1 is 1.60 bits per heavy atom. The van der Waals surface area contributed by atoms with Gasteiger partial charge < -0.3 is 15.8 Å². The van der Waals surface area contributed by atoms with Crippen LogP contribution in [0.1, 0.15) is 40.0 Å². The minimum Gasteiger partial charge on any atom is -0.379 e. The Morgan fingerprint density at radius 3 is 2.87 bits per heavy atom. The van der Waals surface area contributed by atoms with Gasteiger partial charge in [0, 0.05) is 24.0 Å². The molecule has 0 spiro atoms. The summed E-state index contributed by atoms with van der Waals surface area (Å²) in [5.41, 5.74) is 6.16. The fraction of sp³-hybridized carbons (Fsp3) is 1.00. The molecule has 3 nitrogen and oxygen atoms in total. The van der Waals surface area contributed by atoms with Crippen molar-refractivity contribution in [3.05, 3.63) is 0 Å². The van der Waals surface area contributed by atoms with Crippen molar-refractivity contribution >= 4 is 0 Å². The first-order valence-electron chi connectivity index (χ1n) is 6.15. The third-order valence-electron chi connectivity index (χ3n) is 3.47. The van der Waals surface area contributed by atoms with Crippen LogP contribution in [0.15, 0.2) is 0 Å². The quantitative estimate of drug-likeness (QED) is 0.705. The molecule has 0 aromatic rings. The predicted octanol–water partition coefficient (Wildman–Crippen LogP) is 1.52. The van der Waals surface area contributed by atoms with E-state index in [2.05, 4.69) is 26.1 Å². The summed E-state index contributed by atoms with van der Waals surface area (Å²) in [6, 6.07) is 0.776. The third-order valence-corrected chi connectivity index (χ3v) is 3.47. The standard InChI is InChI=1S/C12H26N2O/c1-4-5-6-10(2)14-8-12(3)9-15-7-11(12)13/h10-11,14H,4-9,13H2,1-3H3. The lowest BCUT2D eigenvalue weighted by molar-refractivity contribution is 0.156. The first kappa shape index (κ1) is 12.9. The number of rotatable bonds is 6. The van der Waals surface area contributed by atoms with E-state index in [1.807, 2.05) is 0 Å². The van der Waals surface area contributed by atoms with Crippen LogP contribution in [0.4, 0.5) is 0 Å². The first-order chi connectivity index (χ1) is 7.08. The predicted molar refractivity (Wildman–Crippen MR) is 63.9 cm³/mol. The van der Waals surface area contributed by atoms with Crippen molar-refractivity contribution in [1.82, 2.24) is 5.32 Å². The van der Waals surface area contributed by atoms with Gasteiger partial charge in [-0.25, -0.2) is 0 Å². The molecule has 0 radical (unpaired) electrons. The van der Waals surface area contributed by atoms with Gasteiger partial charge in [-0.2, -0.15) is 0 Å². The van der Waals surface area contributed by atoms with E-state index in [1.165, 1.54) is 19.3 Å². The van der Waals surface area contributed by atoms with Crippen molar-refractivity contribution in [3.63, 3.8) is 0 Å². The molecule has 0 aliphatic carbocycles. The number of ether oxygens (including phenoxy) is 1. The van der Waals surface area contributed by atoms with Gasteiger partial charge in [0.2, 0.25) is 0 Å². The normalized spacial score (nSPS) is 33.2. The summed E-state index contributed by atoms with van der Waals surface area (Å²) >= 11 is 0. The monoisotopic (exact) mass is 214 g/mol. The largest absolute Gasteiger partial charge is 0.379 e. The Balaban J connectivity index is 2.23. The molecule has 1 saturated heterocycles. The Bertz CT molecular complexity index is 186. The highest BCUT2D eigenvalue weighted by Crippen LogP contribution is 2.26. The zero-order valence-corrected chi connectivity index (χ0v) is 10.4. The molecule has 3 atom stereocenters. The van der Waals surface area contributed by atoms with Gasteiger partial charge in [0.25, 0.3) is 0 Å². The minimum atomic E-state index is 0.125. The van der Waals surface area contributed by atoms with Gasteiger partial charge in [0.05, 0.1) is 13.2 Å². The van der Waals surface area contributed by atoms with Gasteiger partial charge in [0.15, 0.2) is 0 Å². The third kappa shape index (κ3) is 3.74. The first-order valence-corrected chi connectivity index (χ1v) is 6.15. The summed E-state index contributed by atoms with van der Waals surface area (Å²) in [6.07, 6.45) is 3.82. The van der Waals surface area contributed by atoms with Crippen molar-refractivity contribution in [3.8, 4) is 0 Å². The van der Waals surface area contributed by atoms with E-state index < -0.39 is 0 Å². The molecule has 1 aliphatic heterocycles. The summed E-state index contributed by atoms with van der Waals surface area (Å²) in [5.74, 6) is 0. The summed E-state index contributed by atoms with van der Waals surface area (Å²) in [5, 5.41) is 3.57. The SMILES string of the molecule is CCCCC(C)NCC1(C)COCC1N. The second kappa shape index (κ2) is 5.83. The van der Waals surface area contributed by atoms with Crippen LogP contribution >= 0.6 is 0 Å². The summed E-state index contributed by atoms with van der Waals surface area (Å²) in [6.45, 7) is 9.17. The van der Waals surface area contributed by atoms with Gasteiger partial charge in [-0.05, 0) is 13.3 Å². The molecule has 1 rings (SSSR count). The summed E-state index contributed by atoms with van der Waals surface area (Å²) in [4.78, 5) is 0. The molecule has 3 N–H and O–H groups in total. The molecule has 3 unspecified atom stereocenters. The molecular weight excluding hydrogens is 188 g/mol. The Labute approximate surface area is 93.8 Å². The maximum atomic E-state index is 6.03. The van der Waals surface area contributed by atoms with Crippen LogP contribution in [-0.2, 0) is 4.74 Å². The Kier molecular flexibility index (Phi) is 5.03. The highest BCUT2D eigenvalue weighted by Gasteiger charge is 2.37. The zero-order valence-electron chi connectivity index (χ0n) is 10.4. The number of nitrogens with one attached hydrogen (secondary N) is 1. The van der Waals surface area contributed by atoms with E-state index in [9.17, 15) is 0 Å². The van der Waals surface area contributed by atoms with Crippen LogP contribution in [0.25, 0.3) is 0 Å². The second-order valence-corrected chi connectivity index (χ2v) is 5.20.